The Morgan fingerprint density at radius 2 is 1.49 bits per heavy atom. The van der Waals surface area contributed by atoms with Crippen LogP contribution in [0.1, 0.15) is 67.7 Å². The van der Waals surface area contributed by atoms with Gasteiger partial charge in [-0.2, -0.15) is 0 Å². The van der Waals surface area contributed by atoms with Crippen molar-refractivity contribution in [2.75, 3.05) is 6.54 Å². The topological polar surface area (TPSA) is 72.9 Å². The molecule has 1 fully saturated rings. The highest BCUT2D eigenvalue weighted by molar-refractivity contribution is 6.99. The van der Waals surface area contributed by atoms with E-state index in [9.17, 15) is 14.4 Å². The highest BCUT2D eigenvalue weighted by Gasteiger charge is 2.56. The first-order chi connectivity index (χ1) is 17.2. The van der Waals surface area contributed by atoms with Crippen LogP contribution in [0.3, 0.4) is 0 Å². The second-order valence-corrected chi connectivity index (χ2v) is 16.4. The fraction of sp³-hybridized carbons (Fsp3) is 0.500. The Labute approximate surface area is 222 Å². The lowest BCUT2D eigenvalue weighted by Crippen LogP contribution is -2.67. The van der Waals surface area contributed by atoms with E-state index in [1.54, 1.807) is 20.8 Å². The number of aldehydes is 1. The van der Waals surface area contributed by atoms with Gasteiger partial charge in [0.05, 0.1) is 12.6 Å². The molecule has 1 aliphatic heterocycles. The van der Waals surface area contributed by atoms with Crippen LogP contribution in [-0.2, 0) is 18.8 Å². The molecule has 6 nitrogen and oxygen atoms in total. The number of carbonyl (C=O) groups is 3. The van der Waals surface area contributed by atoms with Gasteiger partial charge >= 0.3 is 6.09 Å². The third-order valence-corrected chi connectivity index (χ3v) is 12.1. The molecule has 1 saturated heterocycles. The van der Waals surface area contributed by atoms with Crippen molar-refractivity contribution < 1.29 is 23.5 Å². The quantitative estimate of drug-likeness (QED) is 0.364. The fourth-order valence-electron chi connectivity index (χ4n) is 5.35. The summed E-state index contributed by atoms with van der Waals surface area (Å²) in [6.45, 7) is 13.7. The molecule has 0 radical (unpaired) electrons. The molecule has 2 atom stereocenters. The van der Waals surface area contributed by atoms with Crippen molar-refractivity contribution in [1.82, 2.24) is 4.90 Å². The summed E-state index contributed by atoms with van der Waals surface area (Å²) in [5.41, 5.74) is -1.88. The number of ketones is 1. The molecular formula is C30H41NO5Si. The van der Waals surface area contributed by atoms with Gasteiger partial charge in [0.15, 0.2) is 0 Å². The van der Waals surface area contributed by atoms with Crippen LogP contribution in [0, 0.1) is 0 Å². The largest absolute Gasteiger partial charge is 0.444 e. The zero-order valence-electron chi connectivity index (χ0n) is 23.2. The van der Waals surface area contributed by atoms with Gasteiger partial charge in [0.25, 0.3) is 8.32 Å². The van der Waals surface area contributed by atoms with Gasteiger partial charge < -0.3 is 18.8 Å². The number of hydrogen-bond acceptors (Lipinski definition) is 5. The van der Waals surface area contributed by atoms with Gasteiger partial charge in [-0.3, -0.25) is 4.90 Å². The molecule has 37 heavy (non-hydrogen) atoms. The molecule has 2 aromatic rings. The molecule has 1 heterocycles. The zero-order chi connectivity index (χ0) is 27.5. The predicted molar refractivity (Wildman–Crippen MR) is 149 cm³/mol. The van der Waals surface area contributed by atoms with E-state index in [2.05, 4.69) is 45.0 Å². The molecule has 0 bridgehead atoms. The van der Waals surface area contributed by atoms with Gasteiger partial charge in [-0.1, -0.05) is 81.4 Å². The number of amides is 1. The molecule has 3 rings (SSSR count). The van der Waals surface area contributed by atoms with Gasteiger partial charge in [0.1, 0.15) is 23.2 Å². The van der Waals surface area contributed by atoms with Crippen molar-refractivity contribution in [2.24, 2.45) is 0 Å². The number of hydrogen-bond donors (Lipinski definition) is 0. The van der Waals surface area contributed by atoms with E-state index in [4.69, 9.17) is 9.16 Å². The zero-order valence-corrected chi connectivity index (χ0v) is 24.2. The van der Waals surface area contributed by atoms with Crippen molar-refractivity contribution in [1.29, 1.82) is 0 Å². The number of nitrogens with zero attached hydrogens (tertiary/aromatic N) is 1. The van der Waals surface area contributed by atoms with Crippen molar-refractivity contribution in [3.05, 3.63) is 60.7 Å². The number of rotatable bonds is 8. The van der Waals surface area contributed by atoms with E-state index >= 15 is 0 Å². The summed E-state index contributed by atoms with van der Waals surface area (Å²) in [5.74, 6) is -0.0262. The fourth-order valence-corrected chi connectivity index (χ4v) is 10.0. The van der Waals surface area contributed by atoms with Crippen LogP contribution in [0.25, 0.3) is 0 Å². The first-order valence-corrected chi connectivity index (χ1v) is 14.9. The minimum atomic E-state index is -2.91. The number of benzene rings is 2. The Hall–Kier alpha value is -2.77. The van der Waals surface area contributed by atoms with Crippen molar-refractivity contribution >= 4 is 36.9 Å². The molecule has 0 saturated carbocycles. The van der Waals surface area contributed by atoms with E-state index in [1.165, 1.54) is 11.8 Å². The minimum Gasteiger partial charge on any atom is -0.444 e. The molecule has 1 amide bonds. The summed E-state index contributed by atoms with van der Waals surface area (Å²) in [4.78, 5) is 39.4. The Morgan fingerprint density at radius 3 is 1.89 bits per heavy atom. The predicted octanol–water partition coefficient (Wildman–Crippen LogP) is 4.88. The molecule has 0 aliphatic carbocycles. The normalized spacial score (nSPS) is 20.5. The lowest BCUT2D eigenvalue weighted by atomic mass is 9.90. The molecule has 0 unspecified atom stereocenters. The number of carbonyl (C=O) groups excluding carboxylic acids is 3. The third kappa shape index (κ3) is 6.21. The highest BCUT2D eigenvalue weighted by atomic mass is 28.4. The summed E-state index contributed by atoms with van der Waals surface area (Å²) in [6, 6.07) is 20.6. The number of ether oxygens (including phenoxy) is 1. The van der Waals surface area contributed by atoms with Gasteiger partial charge in [0.2, 0.25) is 0 Å². The van der Waals surface area contributed by atoms with E-state index in [0.717, 1.165) is 16.7 Å². The standard InChI is InChI=1S/C30H41NO5Si/c1-23(33)18-19-30(22-32)20-24(21-31(30)27(34)35-28(2,3)4)36-37(29(5,6)7,25-14-10-8-11-15-25)26-16-12-9-13-17-26/h8-17,22,24H,18-21H2,1-7H3/t24-,30+/m1/s1. The Kier molecular flexibility index (Phi) is 8.49. The Morgan fingerprint density at radius 1 is 0.973 bits per heavy atom. The maximum atomic E-state index is 13.3. The van der Waals surface area contributed by atoms with Gasteiger partial charge in [-0.15, -0.1) is 0 Å². The maximum Gasteiger partial charge on any atom is 0.411 e. The monoisotopic (exact) mass is 523 g/mol. The summed E-state index contributed by atoms with van der Waals surface area (Å²) < 4.78 is 13.0. The SMILES string of the molecule is CC(=O)CC[C@@]1(C=O)C[C@@H](O[Si](c2ccccc2)(c2ccccc2)C(C)(C)C)CN1C(=O)OC(C)(C)C. The van der Waals surface area contributed by atoms with Gasteiger partial charge in [-0.25, -0.2) is 4.79 Å². The average molecular weight is 524 g/mol. The summed E-state index contributed by atoms with van der Waals surface area (Å²) in [7, 11) is -2.91. The second kappa shape index (κ2) is 10.9. The molecule has 0 spiro atoms. The Bertz CT molecular complexity index is 1050. The number of Topliss-reactive ketones (excluding diaryl/α,β-unsaturated/α-hetero) is 1. The lowest BCUT2D eigenvalue weighted by Gasteiger charge is -2.44. The van der Waals surface area contributed by atoms with Crippen LogP contribution in [-0.4, -0.2) is 55.2 Å². The van der Waals surface area contributed by atoms with E-state index in [0.29, 0.717) is 6.42 Å². The van der Waals surface area contributed by atoms with Crippen LogP contribution in [0.2, 0.25) is 5.04 Å². The van der Waals surface area contributed by atoms with E-state index in [-0.39, 0.29) is 30.2 Å². The smallest absolute Gasteiger partial charge is 0.411 e. The first-order valence-electron chi connectivity index (χ1n) is 13.0. The highest BCUT2D eigenvalue weighted by Crippen LogP contribution is 2.42. The van der Waals surface area contributed by atoms with Crippen molar-refractivity contribution in [3.63, 3.8) is 0 Å². The maximum absolute atomic E-state index is 13.3. The third-order valence-electron chi connectivity index (χ3n) is 7.01. The average Bonchev–Trinajstić information content (AvgIpc) is 3.19. The van der Waals surface area contributed by atoms with Crippen molar-refractivity contribution in [2.45, 2.75) is 90.0 Å². The molecule has 0 N–H and O–H groups in total. The molecule has 2 aromatic carbocycles. The van der Waals surface area contributed by atoms with Crippen LogP contribution < -0.4 is 10.4 Å². The number of likely N-dealkylation sites (tertiary alicyclic amines) is 1. The summed E-state index contributed by atoms with van der Waals surface area (Å²) in [6.07, 6.45) is 0.602. The van der Waals surface area contributed by atoms with E-state index in [1.807, 2.05) is 36.4 Å². The van der Waals surface area contributed by atoms with Crippen LogP contribution in [0.5, 0.6) is 0 Å². The molecular weight excluding hydrogens is 482 g/mol. The molecule has 0 aromatic heterocycles. The molecule has 200 valence electrons. The first kappa shape index (κ1) is 28.8. The van der Waals surface area contributed by atoms with E-state index < -0.39 is 31.7 Å². The van der Waals surface area contributed by atoms with Gasteiger partial charge in [-0.05, 0) is 49.5 Å². The van der Waals surface area contributed by atoms with Crippen LogP contribution >= 0.6 is 0 Å². The van der Waals surface area contributed by atoms with Crippen LogP contribution in [0.15, 0.2) is 60.7 Å². The van der Waals surface area contributed by atoms with Crippen molar-refractivity contribution in [3.8, 4) is 0 Å². The Balaban J connectivity index is 2.10. The van der Waals surface area contributed by atoms with Gasteiger partial charge in [0, 0.05) is 12.8 Å². The minimum absolute atomic E-state index is 0.0262. The van der Waals surface area contributed by atoms with Crippen LogP contribution in [0.4, 0.5) is 4.79 Å². The lowest BCUT2D eigenvalue weighted by molar-refractivity contribution is -0.120. The summed E-state index contributed by atoms with van der Waals surface area (Å²) in [5, 5.41) is 2.01. The summed E-state index contributed by atoms with van der Waals surface area (Å²) >= 11 is 0. The molecule has 7 heteroatoms. The molecule has 1 aliphatic rings. The second-order valence-electron chi connectivity index (χ2n) is 12.1.